The Morgan fingerprint density at radius 3 is 2.80 bits per heavy atom. The molecule has 0 saturated carbocycles. The van der Waals surface area contributed by atoms with Crippen LogP contribution in [-0.4, -0.2) is 16.7 Å². The first-order valence-electron chi connectivity index (χ1n) is 6.12. The Labute approximate surface area is 135 Å². The molecule has 20 heavy (non-hydrogen) atoms. The highest BCUT2D eigenvalue weighted by Gasteiger charge is 2.36. The Morgan fingerprint density at radius 2 is 2.25 bits per heavy atom. The first-order chi connectivity index (χ1) is 9.43. The molecule has 3 nitrogen and oxygen atoms in total. The Morgan fingerprint density at radius 1 is 1.50 bits per heavy atom. The fraction of sp³-hybridized carbons (Fsp3) is 0.357. The van der Waals surface area contributed by atoms with Gasteiger partial charge in [-0.3, -0.25) is 4.98 Å². The van der Waals surface area contributed by atoms with Crippen LogP contribution in [0.5, 0.6) is 5.75 Å². The van der Waals surface area contributed by atoms with Crippen LogP contribution in [0.25, 0.3) is 0 Å². The van der Waals surface area contributed by atoms with E-state index < -0.39 is 5.60 Å². The molecule has 6 heteroatoms. The van der Waals surface area contributed by atoms with E-state index in [9.17, 15) is 5.11 Å². The summed E-state index contributed by atoms with van der Waals surface area (Å²) in [6, 6.07) is 5.39. The molecule has 108 valence electrons. The molecule has 1 heterocycles. The average molecular weight is 377 g/mol. The molecule has 1 N–H and O–H groups in total. The largest absolute Gasteiger partial charge is 0.489 e. The molecule has 0 fully saturated rings. The first-order valence-corrected chi connectivity index (χ1v) is 8.17. The van der Waals surface area contributed by atoms with Gasteiger partial charge in [-0.15, -0.1) is 11.3 Å². The minimum absolute atomic E-state index is 0.00262. The molecule has 1 aromatic carbocycles. The highest BCUT2D eigenvalue weighted by atomic mass is 79.9. The van der Waals surface area contributed by atoms with Gasteiger partial charge in [0, 0.05) is 10.7 Å². The fourth-order valence-electron chi connectivity index (χ4n) is 1.73. The van der Waals surface area contributed by atoms with Crippen molar-refractivity contribution in [1.29, 1.82) is 0 Å². The van der Waals surface area contributed by atoms with Crippen molar-refractivity contribution in [3.05, 3.63) is 44.3 Å². The standard InChI is InChI=1S/C14H15BrClNO2S/c1-9(2)14(18,13-6-17-8-20-13)7-19-12-4-3-10(15)5-11(12)16/h3-6,8-9,18H,7H2,1-2H3. The van der Waals surface area contributed by atoms with Crippen molar-refractivity contribution in [2.45, 2.75) is 19.4 Å². The van der Waals surface area contributed by atoms with Gasteiger partial charge in [-0.05, 0) is 24.1 Å². The lowest BCUT2D eigenvalue weighted by atomic mass is 9.90. The van der Waals surface area contributed by atoms with Gasteiger partial charge >= 0.3 is 0 Å². The van der Waals surface area contributed by atoms with Gasteiger partial charge in [0.15, 0.2) is 0 Å². The molecule has 2 rings (SSSR count). The lowest BCUT2D eigenvalue weighted by molar-refractivity contribution is -0.0457. The number of nitrogens with zero attached hydrogens (tertiary/aromatic N) is 1. The van der Waals surface area contributed by atoms with E-state index in [-0.39, 0.29) is 12.5 Å². The summed E-state index contributed by atoms with van der Waals surface area (Å²) >= 11 is 10.9. The molecule has 0 amide bonds. The molecule has 0 radical (unpaired) electrons. The summed E-state index contributed by atoms with van der Waals surface area (Å²) in [4.78, 5) is 4.82. The van der Waals surface area contributed by atoms with Crippen molar-refractivity contribution in [1.82, 2.24) is 4.98 Å². The predicted octanol–water partition coefficient (Wildman–Crippen LogP) is 4.48. The quantitative estimate of drug-likeness (QED) is 0.836. The van der Waals surface area contributed by atoms with Crippen LogP contribution in [0.2, 0.25) is 5.02 Å². The van der Waals surface area contributed by atoms with E-state index in [0.717, 1.165) is 9.35 Å². The number of hydrogen-bond donors (Lipinski definition) is 1. The van der Waals surface area contributed by atoms with E-state index in [1.54, 1.807) is 23.8 Å². The van der Waals surface area contributed by atoms with Crippen molar-refractivity contribution in [3.8, 4) is 5.75 Å². The number of aromatic nitrogens is 1. The molecule has 2 aromatic rings. The maximum Gasteiger partial charge on any atom is 0.138 e. The molecule has 0 aliphatic heterocycles. The summed E-state index contributed by atoms with van der Waals surface area (Å²) in [5, 5.41) is 11.4. The number of ether oxygens (including phenoxy) is 1. The number of thiazole rings is 1. The highest BCUT2D eigenvalue weighted by molar-refractivity contribution is 9.10. The van der Waals surface area contributed by atoms with Gasteiger partial charge in [0.2, 0.25) is 0 Å². The monoisotopic (exact) mass is 375 g/mol. The van der Waals surface area contributed by atoms with Gasteiger partial charge in [0.05, 0.1) is 15.4 Å². The van der Waals surface area contributed by atoms with Crippen LogP contribution < -0.4 is 4.74 Å². The Bertz CT molecular complexity index is 577. The van der Waals surface area contributed by atoms with Crippen LogP contribution in [0, 0.1) is 5.92 Å². The Balaban J connectivity index is 2.18. The summed E-state index contributed by atoms with van der Waals surface area (Å²) in [5.41, 5.74) is 0.632. The second-order valence-corrected chi connectivity index (χ2v) is 7.02. The van der Waals surface area contributed by atoms with Crippen molar-refractivity contribution >= 4 is 38.9 Å². The van der Waals surface area contributed by atoms with Crippen LogP contribution in [0.15, 0.2) is 34.4 Å². The molecule has 1 aromatic heterocycles. The maximum atomic E-state index is 10.8. The van der Waals surface area contributed by atoms with Crippen LogP contribution in [0.4, 0.5) is 0 Å². The van der Waals surface area contributed by atoms with Crippen LogP contribution in [-0.2, 0) is 5.60 Å². The highest BCUT2D eigenvalue weighted by Crippen LogP contribution is 2.34. The SMILES string of the molecule is CC(C)C(O)(COc1ccc(Br)cc1Cl)c1cncs1. The smallest absolute Gasteiger partial charge is 0.138 e. The van der Waals surface area contributed by atoms with Gasteiger partial charge in [-0.25, -0.2) is 0 Å². The van der Waals surface area contributed by atoms with Gasteiger partial charge in [-0.2, -0.15) is 0 Å². The van der Waals surface area contributed by atoms with Crippen LogP contribution in [0.1, 0.15) is 18.7 Å². The molecule has 0 bridgehead atoms. The molecular weight excluding hydrogens is 362 g/mol. The predicted molar refractivity (Wildman–Crippen MR) is 85.5 cm³/mol. The van der Waals surface area contributed by atoms with Gasteiger partial charge in [0.25, 0.3) is 0 Å². The molecule has 1 unspecified atom stereocenters. The Kier molecular flexibility index (Phi) is 5.07. The fourth-order valence-corrected chi connectivity index (χ4v) is 3.32. The zero-order chi connectivity index (χ0) is 14.8. The zero-order valence-electron chi connectivity index (χ0n) is 11.1. The van der Waals surface area contributed by atoms with Crippen molar-refractivity contribution in [3.63, 3.8) is 0 Å². The number of halogens is 2. The third kappa shape index (κ3) is 3.34. The summed E-state index contributed by atoms with van der Waals surface area (Å²) in [5.74, 6) is 0.552. The minimum Gasteiger partial charge on any atom is -0.489 e. The van der Waals surface area contributed by atoms with E-state index in [1.165, 1.54) is 11.3 Å². The summed E-state index contributed by atoms with van der Waals surface area (Å²) < 4.78 is 6.60. The first kappa shape index (κ1) is 15.8. The van der Waals surface area contributed by atoms with Crippen molar-refractivity contribution < 1.29 is 9.84 Å². The van der Waals surface area contributed by atoms with E-state index >= 15 is 0 Å². The lowest BCUT2D eigenvalue weighted by Crippen LogP contribution is -2.37. The van der Waals surface area contributed by atoms with Gasteiger partial charge in [-0.1, -0.05) is 41.4 Å². The molecule has 1 atom stereocenters. The summed E-state index contributed by atoms with van der Waals surface area (Å²) in [6.07, 6.45) is 1.68. The van der Waals surface area contributed by atoms with Gasteiger partial charge < -0.3 is 9.84 Å². The second kappa shape index (κ2) is 6.43. The van der Waals surface area contributed by atoms with Gasteiger partial charge in [0.1, 0.15) is 18.0 Å². The van der Waals surface area contributed by atoms with Crippen molar-refractivity contribution in [2.24, 2.45) is 5.92 Å². The molecule has 0 aliphatic carbocycles. The number of aliphatic hydroxyl groups is 1. The third-order valence-corrected chi connectivity index (χ3v) is 4.88. The topological polar surface area (TPSA) is 42.4 Å². The molecule has 0 spiro atoms. The van der Waals surface area contributed by atoms with E-state index in [1.807, 2.05) is 19.9 Å². The van der Waals surface area contributed by atoms with E-state index in [0.29, 0.717) is 10.8 Å². The molecular formula is C14H15BrClNO2S. The number of rotatable bonds is 5. The van der Waals surface area contributed by atoms with E-state index in [4.69, 9.17) is 16.3 Å². The van der Waals surface area contributed by atoms with Crippen LogP contribution >= 0.6 is 38.9 Å². The zero-order valence-corrected chi connectivity index (χ0v) is 14.3. The Hall–Kier alpha value is -0.620. The normalized spacial score (nSPS) is 14.3. The maximum absolute atomic E-state index is 10.8. The second-order valence-electron chi connectivity index (χ2n) is 4.81. The lowest BCUT2D eigenvalue weighted by Gasteiger charge is -2.30. The average Bonchev–Trinajstić information content (AvgIpc) is 2.91. The molecule has 0 saturated heterocycles. The van der Waals surface area contributed by atoms with Crippen molar-refractivity contribution in [2.75, 3.05) is 6.61 Å². The third-order valence-electron chi connectivity index (χ3n) is 3.16. The molecule has 0 aliphatic rings. The summed E-state index contributed by atoms with van der Waals surface area (Å²) in [7, 11) is 0. The summed E-state index contributed by atoms with van der Waals surface area (Å²) in [6.45, 7) is 4.03. The number of hydrogen-bond acceptors (Lipinski definition) is 4. The van der Waals surface area contributed by atoms with E-state index in [2.05, 4.69) is 20.9 Å². The minimum atomic E-state index is -1.07. The number of benzene rings is 1. The van der Waals surface area contributed by atoms with Crippen LogP contribution in [0.3, 0.4) is 0 Å².